The molecule has 0 spiro atoms. The van der Waals surface area contributed by atoms with Crippen molar-refractivity contribution in [3.63, 3.8) is 0 Å². The fraction of sp³-hybridized carbons (Fsp3) is 0.370. The van der Waals surface area contributed by atoms with E-state index in [9.17, 15) is 22.0 Å². The molecule has 2 aliphatic heterocycles. The number of nitrogens with one attached hydrogen (secondary N) is 1. The number of sulfonamides is 1. The smallest absolute Gasteiger partial charge is 0.318 e. The van der Waals surface area contributed by atoms with Crippen molar-refractivity contribution in [3.8, 4) is 0 Å². The molecular formula is C27H27F2N5O4S. The van der Waals surface area contributed by atoms with Crippen molar-refractivity contribution >= 4 is 27.9 Å². The Hall–Kier alpha value is -3.64. The summed E-state index contributed by atoms with van der Waals surface area (Å²) in [4.78, 5) is 19.8. The lowest BCUT2D eigenvalue weighted by Gasteiger charge is -2.48. The highest BCUT2D eigenvalue weighted by atomic mass is 32.2. The van der Waals surface area contributed by atoms with Gasteiger partial charge in [0.2, 0.25) is 10.0 Å². The third kappa shape index (κ3) is 4.13. The van der Waals surface area contributed by atoms with Crippen LogP contribution >= 0.6 is 0 Å². The van der Waals surface area contributed by atoms with E-state index in [1.165, 1.54) is 35.8 Å². The molecule has 4 heterocycles. The monoisotopic (exact) mass is 555 g/mol. The van der Waals surface area contributed by atoms with Crippen molar-refractivity contribution in [1.29, 1.82) is 0 Å². The van der Waals surface area contributed by atoms with E-state index in [-0.39, 0.29) is 31.0 Å². The van der Waals surface area contributed by atoms with Crippen LogP contribution in [0.4, 0.5) is 14.6 Å². The highest BCUT2D eigenvalue weighted by molar-refractivity contribution is 7.89. The van der Waals surface area contributed by atoms with Gasteiger partial charge in [-0.3, -0.25) is 9.89 Å². The number of carbonyl (C=O) groups excluding carboxylic acids is 1. The lowest BCUT2D eigenvalue weighted by Crippen LogP contribution is -2.55. The zero-order chi connectivity index (χ0) is 27.4. The summed E-state index contributed by atoms with van der Waals surface area (Å²) in [5.41, 5.74) is 1.37. The molecule has 204 valence electrons. The number of anilines is 1. The number of rotatable bonds is 5. The van der Waals surface area contributed by atoms with E-state index in [2.05, 4.69) is 15.2 Å². The topological polar surface area (TPSA) is 108 Å². The molecule has 1 unspecified atom stereocenters. The molecule has 1 aromatic carbocycles. The average Bonchev–Trinajstić information content (AvgIpc) is 3.60. The van der Waals surface area contributed by atoms with Crippen LogP contribution in [-0.2, 0) is 19.6 Å². The van der Waals surface area contributed by atoms with Gasteiger partial charge in [-0.15, -0.1) is 0 Å². The number of halogens is 2. The first-order valence-corrected chi connectivity index (χ1v) is 14.1. The Morgan fingerprint density at radius 2 is 1.95 bits per heavy atom. The summed E-state index contributed by atoms with van der Waals surface area (Å²) in [6.07, 6.45) is 4.49. The van der Waals surface area contributed by atoms with Crippen molar-refractivity contribution in [3.05, 3.63) is 77.0 Å². The molecule has 2 saturated heterocycles. The second kappa shape index (κ2) is 9.53. The van der Waals surface area contributed by atoms with Crippen LogP contribution in [-0.4, -0.2) is 73.3 Å². The Balaban J connectivity index is 1.40. The maximum absolute atomic E-state index is 13.9. The maximum atomic E-state index is 13.9. The summed E-state index contributed by atoms with van der Waals surface area (Å²) in [5.74, 6) is -1.16. The molecule has 3 atom stereocenters. The molecular weight excluding hydrogens is 528 g/mol. The fourth-order valence-corrected chi connectivity index (χ4v) is 7.53. The van der Waals surface area contributed by atoms with Gasteiger partial charge in [0, 0.05) is 37.3 Å². The third-order valence-electron chi connectivity index (χ3n) is 8.02. The van der Waals surface area contributed by atoms with Crippen LogP contribution in [0.2, 0.25) is 0 Å². The summed E-state index contributed by atoms with van der Waals surface area (Å²) >= 11 is 0. The van der Waals surface area contributed by atoms with E-state index in [1.54, 1.807) is 29.3 Å². The number of piperidine rings is 1. The third-order valence-corrected chi connectivity index (χ3v) is 9.85. The molecule has 9 nitrogen and oxygen atoms in total. The van der Waals surface area contributed by atoms with Crippen molar-refractivity contribution in [2.75, 3.05) is 38.2 Å². The predicted octanol–water partition coefficient (Wildman–Crippen LogP) is 3.27. The molecule has 0 amide bonds. The Labute approximate surface area is 224 Å². The van der Waals surface area contributed by atoms with Crippen molar-refractivity contribution in [2.45, 2.75) is 29.8 Å². The van der Waals surface area contributed by atoms with Crippen LogP contribution in [0.25, 0.3) is 6.08 Å². The first-order chi connectivity index (χ1) is 18.7. The molecule has 1 aliphatic carbocycles. The lowest BCUT2D eigenvalue weighted by molar-refractivity contribution is -0.152. The first-order valence-electron chi connectivity index (χ1n) is 12.7. The van der Waals surface area contributed by atoms with E-state index in [1.807, 2.05) is 6.08 Å². The molecule has 6 rings (SSSR count). The molecule has 0 radical (unpaired) electrons. The number of nitrogens with zero attached hydrogens (tertiary/aromatic N) is 4. The molecule has 12 heteroatoms. The molecule has 1 N–H and O–H groups in total. The minimum Gasteiger partial charge on any atom is -0.468 e. The minimum absolute atomic E-state index is 0.0205. The van der Waals surface area contributed by atoms with E-state index in [0.29, 0.717) is 35.6 Å². The van der Waals surface area contributed by atoms with E-state index >= 15 is 0 Å². The van der Waals surface area contributed by atoms with Gasteiger partial charge in [-0.25, -0.2) is 22.2 Å². The van der Waals surface area contributed by atoms with Crippen LogP contribution in [0.5, 0.6) is 0 Å². The number of aromatic amines is 1. The van der Waals surface area contributed by atoms with E-state index < -0.39 is 39.3 Å². The number of alkyl halides is 1. The SMILES string of the molecule is COC(=O)[C@@]12CN(S(=O)(=O)c3ccc(N4CC[C@@H](F)C4)nc3)CCC1=Cc1[nH]ncc1C2c1ccc(F)cc1. The van der Waals surface area contributed by atoms with Gasteiger partial charge < -0.3 is 9.64 Å². The van der Waals surface area contributed by atoms with E-state index in [4.69, 9.17) is 4.74 Å². The van der Waals surface area contributed by atoms with Gasteiger partial charge in [0.05, 0.1) is 25.5 Å². The Kier molecular flexibility index (Phi) is 6.26. The van der Waals surface area contributed by atoms with Gasteiger partial charge in [0.15, 0.2) is 0 Å². The Morgan fingerprint density at radius 1 is 1.15 bits per heavy atom. The Bertz CT molecular complexity index is 1540. The van der Waals surface area contributed by atoms with Crippen molar-refractivity contribution < 1.29 is 26.7 Å². The zero-order valence-corrected chi connectivity index (χ0v) is 22.0. The van der Waals surface area contributed by atoms with Crippen LogP contribution < -0.4 is 4.90 Å². The van der Waals surface area contributed by atoms with Gasteiger partial charge >= 0.3 is 5.97 Å². The number of aromatic nitrogens is 3. The quantitative estimate of drug-likeness (QED) is 0.482. The van der Waals surface area contributed by atoms with Crippen LogP contribution in [0.15, 0.2) is 59.3 Å². The summed E-state index contributed by atoms with van der Waals surface area (Å²) in [7, 11) is -2.78. The highest BCUT2D eigenvalue weighted by Crippen LogP contribution is 2.55. The van der Waals surface area contributed by atoms with Crippen LogP contribution in [0.1, 0.15) is 35.6 Å². The van der Waals surface area contributed by atoms with Crippen LogP contribution in [0, 0.1) is 11.2 Å². The summed E-state index contributed by atoms with van der Waals surface area (Å²) < 4.78 is 61.8. The number of fused-ring (bicyclic) bond motifs is 2. The minimum atomic E-state index is -4.06. The first kappa shape index (κ1) is 25.6. The lowest BCUT2D eigenvalue weighted by atomic mass is 9.60. The predicted molar refractivity (Wildman–Crippen MR) is 139 cm³/mol. The van der Waals surface area contributed by atoms with Gasteiger partial charge in [-0.2, -0.15) is 9.40 Å². The molecule has 2 aromatic heterocycles. The van der Waals surface area contributed by atoms with Gasteiger partial charge in [0.25, 0.3) is 0 Å². The average molecular weight is 556 g/mol. The number of hydrogen-bond donors (Lipinski definition) is 1. The number of pyridine rings is 1. The molecule has 2 fully saturated rings. The van der Waals surface area contributed by atoms with Gasteiger partial charge in [-0.05, 0) is 54.3 Å². The highest BCUT2D eigenvalue weighted by Gasteiger charge is 2.57. The summed E-state index contributed by atoms with van der Waals surface area (Å²) in [6.45, 7) is 0.703. The Morgan fingerprint density at radius 3 is 2.62 bits per heavy atom. The number of hydrogen-bond acceptors (Lipinski definition) is 7. The zero-order valence-electron chi connectivity index (χ0n) is 21.2. The number of esters is 1. The summed E-state index contributed by atoms with van der Waals surface area (Å²) in [5, 5.41) is 7.12. The fourth-order valence-electron chi connectivity index (χ4n) is 6.10. The number of methoxy groups -OCH3 is 1. The second-order valence-electron chi connectivity index (χ2n) is 10.1. The molecule has 3 aromatic rings. The largest absolute Gasteiger partial charge is 0.468 e. The van der Waals surface area contributed by atoms with Gasteiger partial charge in [-0.1, -0.05) is 12.1 Å². The normalized spacial score (nSPS) is 25.1. The molecule has 0 saturated carbocycles. The molecule has 3 aliphatic rings. The molecule has 39 heavy (non-hydrogen) atoms. The maximum Gasteiger partial charge on any atom is 0.318 e. The standard InChI is InChI=1S/C27H27F2N5O4S/c1-38-26(35)27-16-34(39(36,37)21-6-7-24(30-13-21)33-10-9-20(29)15-33)11-8-18(27)12-23-22(14-31-32-23)25(27)17-2-4-19(28)5-3-17/h2-7,12-14,20,25H,8-11,15-16H2,1H3,(H,31,32)/t20-,25?,27+/m1/s1. The van der Waals surface area contributed by atoms with E-state index in [0.717, 1.165) is 5.57 Å². The van der Waals surface area contributed by atoms with Crippen molar-refractivity contribution in [1.82, 2.24) is 19.5 Å². The number of carbonyl (C=O) groups is 1. The molecule has 0 bridgehead atoms. The number of H-pyrrole nitrogens is 1. The van der Waals surface area contributed by atoms with Gasteiger partial charge in [0.1, 0.15) is 28.1 Å². The number of ether oxygens (including phenoxy) is 1. The summed E-state index contributed by atoms with van der Waals surface area (Å²) in [6, 6.07) is 8.87. The van der Waals surface area contributed by atoms with Crippen LogP contribution in [0.3, 0.4) is 0 Å². The second-order valence-corrected chi connectivity index (χ2v) is 12.1. The number of benzene rings is 1. The van der Waals surface area contributed by atoms with Crippen molar-refractivity contribution in [2.24, 2.45) is 5.41 Å².